The van der Waals surface area contributed by atoms with Crippen LogP contribution in [0.3, 0.4) is 0 Å². The summed E-state index contributed by atoms with van der Waals surface area (Å²) in [6.07, 6.45) is 3.92. The number of anilines is 1. The van der Waals surface area contributed by atoms with Gasteiger partial charge in [-0.15, -0.1) is 0 Å². The minimum absolute atomic E-state index is 0.0551. The molecule has 21 heavy (non-hydrogen) atoms. The van der Waals surface area contributed by atoms with E-state index in [1.165, 1.54) is 6.42 Å². The van der Waals surface area contributed by atoms with E-state index in [2.05, 4.69) is 5.32 Å². The normalized spacial score (nSPS) is 18.4. The minimum Gasteiger partial charge on any atom is -0.378 e. The van der Waals surface area contributed by atoms with Crippen LogP contribution in [0.2, 0.25) is 0 Å². The highest BCUT2D eigenvalue weighted by molar-refractivity contribution is 5.91. The van der Waals surface area contributed by atoms with Crippen LogP contribution in [-0.4, -0.2) is 31.8 Å². The monoisotopic (exact) mass is 292 g/mol. The molecule has 2 rings (SSSR count). The van der Waals surface area contributed by atoms with Gasteiger partial charge < -0.3 is 20.5 Å². The smallest absolute Gasteiger partial charge is 0.226 e. The van der Waals surface area contributed by atoms with Crippen LogP contribution in [0.1, 0.15) is 31.2 Å². The number of hydrogen-bond donors (Lipinski definition) is 2. The van der Waals surface area contributed by atoms with Crippen molar-refractivity contribution in [3.05, 3.63) is 29.8 Å². The van der Waals surface area contributed by atoms with E-state index >= 15 is 0 Å². The predicted octanol–water partition coefficient (Wildman–Crippen LogP) is 2.06. The Labute approximate surface area is 125 Å². The van der Waals surface area contributed by atoms with Crippen LogP contribution in [0, 0.1) is 0 Å². The first-order valence-corrected chi connectivity index (χ1v) is 7.57. The minimum atomic E-state index is -0.0551. The Hall–Kier alpha value is -1.43. The lowest BCUT2D eigenvalue weighted by molar-refractivity contribution is -0.117. The molecule has 1 amide bonds. The van der Waals surface area contributed by atoms with Gasteiger partial charge in [0.1, 0.15) is 0 Å². The molecule has 1 atom stereocenters. The molecule has 0 spiro atoms. The third-order valence-electron chi connectivity index (χ3n) is 3.56. The number of ether oxygens (including phenoxy) is 2. The average Bonchev–Trinajstić information content (AvgIpc) is 2.53. The van der Waals surface area contributed by atoms with Crippen LogP contribution in [-0.2, 0) is 20.8 Å². The van der Waals surface area contributed by atoms with E-state index in [0.717, 1.165) is 30.7 Å². The molecule has 1 aliphatic heterocycles. The maximum Gasteiger partial charge on any atom is 0.226 e. The summed E-state index contributed by atoms with van der Waals surface area (Å²) < 4.78 is 11.1. The van der Waals surface area contributed by atoms with Gasteiger partial charge in [0.05, 0.1) is 25.7 Å². The average molecular weight is 292 g/mol. The van der Waals surface area contributed by atoms with Crippen LogP contribution in [0.25, 0.3) is 0 Å². The molecule has 5 heteroatoms. The quantitative estimate of drug-likeness (QED) is 0.754. The molecule has 1 aromatic carbocycles. The van der Waals surface area contributed by atoms with Crippen LogP contribution < -0.4 is 11.1 Å². The summed E-state index contributed by atoms with van der Waals surface area (Å²) in [6.45, 7) is 2.22. The maximum atomic E-state index is 11.9. The second-order valence-corrected chi connectivity index (χ2v) is 5.22. The summed E-state index contributed by atoms with van der Waals surface area (Å²) in [5.41, 5.74) is 7.35. The molecule has 1 heterocycles. The summed E-state index contributed by atoms with van der Waals surface area (Å²) >= 11 is 0. The third kappa shape index (κ3) is 5.46. The zero-order valence-corrected chi connectivity index (χ0v) is 12.3. The lowest BCUT2D eigenvalue weighted by Crippen LogP contribution is -2.25. The van der Waals surface area contributed by atoms with Gasteiger partial charge in [-0.2, -0.15) is 0 Å². The van der Waals surface area contributed by atoms with Gasteiger partial charge in [-0.1, -0.05) is 18.2 Å². The zero-order valence-electron chi connectivity index (χ0n) is 12.3. The Balaban J connectivity index is 1.65. The lowest BCUT2D eigenvalue weighted by Gasteiger charge is -2.22. The van der Waals surface area contributed by atoms with E-state index in [9.17, 15) is 4.79 Å². The largest absolute Gasteiger partial charge is 0.378 e. The van der Waals surface area contributed by atoms with Gasteiger partial charge in [-0.05, 0) is 30.9 Å². The number of nitrogens with two attached hydrogens (primary N) is 1. The molecule has 1 aliphatic rings. The zero-order chi connectivity index (χ0) is 14.9. The summed E-state index contributed by atoms with van der Waals surface area (Å²) in [5, 5.41) is 2.87. The summed E-state index contributed by atoms with van der Waals surface area (Å²) in [5.74, 6) is -0.0551. The fraction of sp³-hybridized carbons (Fsp3) is 0.562. The molecule has 0 aliphatic carbocycles. The number of carbonyl (C=O) groups is 1. The van der Waals surface area contributed by atoms with Gasteiger partial charge >= 0.3 is 0 Å². The first-order chi connectivity index (χ1) is 10.3. The molecule has 5 nitrogen and oxygen atoms in total. The van der Waals surface area contributed by atoms with Crippen LogP contribution in [0.5, 0.6) is 0 Å². The van der Waals surface area contributed by atoms with E-state index in [-0.39, 0.29) is 12.0 Å². The van der Waals surface area contributed by atoms with Crippen LogP contribution in [0.4, 0.5) is 5.69 Å². The Morgan fingerprint density at radius 2 is 2.24 bits per heavy atom. The van der Waals surface area contributed by atoms with Crippen molar-refractivity contribution in [1.82, 2.24) is 0 Å². The number of hydrogen-bond acceptors (Lipinski definition) is 4. The van der Waals surface area contributed by atoms with Gasteiger partial charge in [0.15, 0.2) is 0 Å². The van der Waals surface area contributed by atoms with Crippen molar-refractivity contribution in [1.29, 1.82) is 0 Å². The second kappa shape index (κ2) is 8.77. The Kier molecular flexibility index (Phi) is 6.66. The number of carbonyl (C=O) groups excluding carboxylic acids is 1. The van der Waals surface area contributed by atoms with Crippen molar-refractivity contribution in [2.24, 2.45) is 5.73 Å². The summed E-state index contributed by atoms with van der Waals surface area (Å²) in [7, 11) is 0. The Morgan fingerprint density at radius 3 is 3.00 bits per heavy atom. The van der Waals surface area contributed by atoms with E-state index in [1.54, 1.807) is 0 Å². The predicted molar refractivity (Wildman–Crippen MR) is 82.0 cm³/mol. The fourth-order valence-electron chi connectivity index (χ4n) is 2.35. The Bertz CT molecular complexity index is 445. The number of rotatable bonds is 7. The van der Waals surface area contributed by atoms with Gasteiger partial charge in [0, 0.05) is 18.8 Å². The lowest BCUT2D eigenvalue weighted by atomic mass is 10.1. The molecule has 1 fully saturated rings. The number of para-hydroxylation sites is 1. The molecule has 1 saturated heterocycles. The molecule has 0 saturated carbocycles. The summed E-state index contributed by atoms with van der Waals surface area (Å²) in [4.78, 5) is 11.9. The van der Waals surface area contributed by atoms with Crippen molar-refractivity contribution in [3.8, 4) is 0 Å². The number of nitrogens with one attached hydrogen (secondary N) is 1. The second-order valence-electron chi connectivity index (χ2n) is 5.22. The molecule has 3 N–H and O–H groups in total. The van der Waals surface area contributed by atoms with Gasteiger partial charge in [0.25, 0.3) is 0 Å². The SMILES string of the molecule is NCc1ccccc1NC(=O)CCOCC1CCCCO1. The van der Waals surface area contributed by atoms with Crippen molar-refractivity contribution in [2.45, 2.75) is 38.3 Å². The number of benzene rings is 1. The molecule has 0 bridgehead atoms. The van der Waals surface area contributed by atoms with E-state index in [0.29, 0.717) is 26.2 Å². The first-order valence-electron chi connectivity index (χ1n) is 7.57. The van der Waals surface area contributed by atoms with Crippen LogP contribution in [0.15, 0.2) is 24.3 Å². The third-order valence-corrected chi connectivity index (χ3v) is 3.56. The summed E-state index contributed by atoms with van der Waals surface area (Å²) in [6, 6.07) is 7.56. The molecule has 1 unspecified atom stereocenters. The van der Waals surface area contributed by atoms with Crippen molar-refractivity contribution >= 4 is 11.6 Å². The maximum absolute atomic E-state index is 11.9. The van der Waals surface area contributed by atoms with E-state index in [4.69, 9.17) is 15.2 Å². The Morgan fingerprint density at radius 1 is 1.38 bits per heavy atom. The van der Waals surface area contributed by atoms with E-state index < -0.39 is 0 Å². The van der Waals surface area contributed by atoms with Gasteiger partial charge in [0.2, 0.25) is 5.91 Å². The highest BCUT2D eigenvalue weighted by Gasteiger charge is 2.14. The highest BCUT2D eigenvalue weighted by Crippen LogP contribution is 2.15. The highest BCUT2D eigenvalue weighted by atomic mass is 16.5. The van der Waals surface area contributed by atoms with Gasteiger partial charge in [-0.25, -0.2) is 0 Å². The molecular formula is C16H24N2O3. The molecule has 1 aromatic rings. The fourth-order valence-corrected chi connectivity index (χ4v) is 2.35. The number of amides is 1. The molecule has 0 radical (unpaired) electrons. The van der Waals surface area contributed by atoms with Crippen molar-refractivity contribution in [2.75, 3.05) is 25.1 Å². The van der Waals surface area contributed by atoms with Gasteiger partial charge in [-0.3, -0.25) is 4.79 Å². The van der Waals surface area contributed by atoms with Crippen LogP contribution >= 0.6 is 0 Å². The molecule has 116 valence electrons. The van der Waals surface area contributed by atoms with Crippen molar-refractivity contribution in [3.63, 3.8) is 0 Å². The van der Waals surface area contributed by atoms with Crippen molar-refractivity contribution < 1.29 is 14.3 Å². The topological polar surface area (TPSA) is 73.6 Å². The standard InChI is InChI=1S/C16H24N2O3/c17-11-13-5-1-2-7-15(13)18-16(19)8-10-20-12-14-6-3-4-9-21-14/h1-2,5,7,14H,3-4,6,8-12,17H2,(H,18,19). The molecular weight excluding hydrogens is 268 g/mol. The first kappa shape index (κ1) is 15.9. The molecule has 0 aromatic heterocycles. The van der Waals surface area contributed by atoms with E-state index in [1.807, 2.05) is 24.3 Å².